The standard InChI is InChI=1S/C15H14F2N2O2/c1-9(2)15(20)19-14-6-4-11(8-18-14)21-10-3-5-12(16)13(17)7-10/h3-9H,1-2H3,(H,18,19,20). The van der Waals surface area contributed by atoms with E-state index in [9.17, 15) is 13.6 Å². The van der Waals surface area contributed by atoms with Crippen molar-refractivity contribution >= 4 is 11.7 Å². The van der Waals surface area contributed by atoms with Crippen LogP contribution < -0.4 is 10.1 Å². The number of nitrogens with zero attached hydrogens (tertiary/aromatic N) is 1. The molecule has 110 valence electrons. The van der Waals surface area contributed by atoms with Crippen LogP contribution in [0.5, 0.6) is 11.5 Å². The molecule has 21 heavy (non-hydrogen) atoms. The molecule has 1 amide bonds. The maximum Gasteiger partial charge on any atom is 0.228 e. The molecule has 0 aliphatic rings. The number of halogens is 2. The molecule has 0 bridgehead atoms. The van der Waals surface area contributed by atoms with E-state index in [0.717, 1.165) is 12.1 Å². The van der Waals surface area contributed by atoms with Gasteiger partial charge < -0.3 is 10.1 Å². The first-order valence-corrected chi connectivity index (χ1v) is 6.35. The Labute approximate surface area is 120 Å². The number of carbonyl (C=O) groups is 1. The lowest BCUT2D eigenvalue weighted by Gasteiger charge is -2.08. The van der Waals surface area contributed by atoms with Crippen LogP contribution in [-0.4, -0.2) is 10.9 Å². The van der Waals surface area contributed by atoms with Gasteiger partial charge in [-0.25, -0.2) is 13.8 Å². The van der Waals surface area contributed by atoms with Gasteiger partial charge in [-0.1, -0.05) is 13.8 Å². The molecule has 0 aliphatic heterocycles. The molecule has 6 heteroatoms. The second-order valence-electron chi connectivity index (χ2n) is 4.70. The van der Waals surface area contributed by atoms with E-state index in [4.69, 9.17) is 4.74 Å². The largest absolute Gasteiger partial charge is 0.456 e. The van der Waals surface area contributed by atoms with E-state index in [2.05, 4.69) is 10.3 Å². The van der Waals surface area contributed by atoms with Gasteiger partial charge in [-0.2, -0.15) is 0 Å². The van der Waals surface area contributed by atoms with Crippen molar-refractivity contribution in [3.05, 3.63) is 48.2 Å². The van der Waals surface area contributed by atoms with Crippen molar-refractivity contribution in [2.24, 2.45) is 5.92 Å². The Bertz CT molecular complexity index is 643. The van der Waals surface area contributed by atoms with Crippen molar-refractivity contribution in [3.63, 3.8) is 0 Å². The fourth-order valence-electron chi connectivity index (χ4n) is 1.46. The van der Waals surface area contributed by atoms with Crippen LogP contribution in [0.2, 0.25) is 0 Å². The number of anilines is 1. The van der Waals surface area contributed by atoms with E-state index in [1.54, 1.807) is 26.0 Å². The van der Waals surface area contributed by atoms with Gasteiger partial charge in [0.25, 0.3) is 0 Å². The number of pyridine rings is 1. The summed E-state index contributed by atoms with van der Waals surface area (Å²) in [6, 6.07) is 6.38. The quantitative estimate of drug-likeness (QED) is 0.933. The van der Waals surface area contributed by atoms with Crippen molar-refractivity contribution in [2.45, 2.75) is 13.8 Å². The number of nitrogens with one attached hydrogen (secondary N) is 1. The van der Waals surface area contributed by atoms with E-state index in [1.807, 2.05) is 0 Å². The third-order valence-electron chi connectivity index (χ3n) is 2.64. The Morgan fingerprint density at radius 1 is 1.14 bits per heavy atom. The molecular formula is C15H14F2N2O2. The highest BCUT2D eigenvalue weighted by Gasteiger charge is 2.08. The first kappa shape index (κ1) is 14.9. The molecule has 1 N–H and O–H groups in total. The zero-order valence-electron chi connectivity index (χ0n) is 11.6. The van der Waals surface area contributed by atoms with Gasteiger partial charge in [0, 0.05) is 12.0 Å². The smallest absolute Gasteiger partial charge is 0.228 e. The van der Waals surface area contributed by atoms with E-state index in [-0.39, 0.29) is 17.6 Å². The number of hydrogen-bond acceptors (Lipinski definition) is 3. The van der Waals surface area contributed by atoms with Gasteiger partial charge in [-0.3, -0.25) is 4.79 Å². The summed E-state index contributed by atoms with van der Waals surface area (Å²) in [6.07, 6.45) is 1.39. The molecule has 1 aromatic carbocycles. The zero-order chi connectivity index (χ0) is 15.4. The molecule has 0 saturated carbocycles. The van der Waals surface area contributed by atoms with Crippen molar-refractivity contribution in [1.29, 1.82) is 0 Å². The minimum atomic E-state index is -0.985. The Morgan fingerprint density at radius 2 is 1.86 bits per heavy atom. The summed E-state index contributed by atoms with van der Waals surface area (Å²) in [5, 5.41) is 2.63. The van der Waals surface area contributed by atoms with Crippen LogP contribution in [0.4, 0.5) is 14.6 Å². The van der Waals surface area contributed by atoms with Crippen molar-refractivity contribution in [3.8, 4) is 11.5 Å². The van der Waals surface area contributed by atoms with Crippen molar-refractivity contribution in [1.82, 2.24) is 4.98 Å². The lowest BCUT2D eigenvalue weighted by atomic mass is 10.2. The Balaban J connectivity index is 2.05. The number of amides is 1. The molecular weight excluding hydrogens is 278 g/mol. The molecule has 0 spiro atoms. The number of aromatic nitrogens is 1. The SMILES string of the molecule is CC(C)C(=O)Nc1ccc(Oc2ccc(F)c(F)c2)cn1. The predicted octanol–water partition coefficient (Wildman–Crippen LogP) is 3.75. The predicted molar refractivity (Wildman–Crippen MR) is 74.1 cm³/mol. The van der Waals surface area contributed by atoms with Crippen LogP contribution in [0.25, 0.3) is 0 Å². The molecule has 0 saturated heterocycles. The van der Waals surface area contributed by atoms with Crippen LogP contribution in [0.1, 0.15) is 13.8 Å². The summed E-state index contributed by atoms with van der Waals surface area (Å²) in [4.78, 5) is 15.5. The molecule has 1 aromatic heterocycles. The fraction of sp³-hybridized carbons (Fsp3) is 0.200. The minimum Gasteiger partial charge on any atom is -0.456 e. The fourth-order valence-corrected chi connectivity index (χ4v) is 1.46. The van der Waals surface area contributed by atoms with Crippen LogP contribution in [0.3, 0.4) is 0 Å². The third-order valence-corrected chi connectivity index (χ3v) is 2.64. The Hall–Kier alpha value is -2.50. The second-order valence-corrected chi connectivity index (χ2v) is 4.70. The number of rotatable bonds is 4. The van der Waals surface area contributed by atoms with E-state index in [0.29, 0.717) is 11.6 Å². The number of benzene rings is 1. The first-order valence-electron chi connectivity index (χ1n) is 6.35. The Morgan fingerprint density at radius 3 is 2.43 bits per heavy atom. The number of ether oxygens (including phenoxy) is 1. The van der Waals surface area contributed by atoms with E-state index < -0.39 is 11.6 Å². The van der Waals surface area contributed by atoms with Crippen LogP contribution in [-0.2, 0) is 4.79 Å². The topological polar surface area (TPSA) is 51.2 Å². The summed E-state index contributed by atoms with van der Waals surface area (Å²) in [5.41, 5.74) is 0. The maximum absolute atomic E-state index is 13.0. The minimum absolute atomic E-state index is 0.142. The van der Waals surface area contributed by atoms with Gasteiger partial charge in [0.05, 0.1) is 6.20 Å². The molecule has 0 atom stereocenters. The molecule has 4 nitrogen and oxygen atoms in total. The van der Waals surface area contributed by atoms with Crippen molar-refractivity contribution < 1.29 is 18.3 Å². The molecule has 0 aliphatic carbocycles. The normalized spacial score (nSPS) is 10.5. The highest BCUT2D eigenvalue weighted by Crippen LogP contribution is 2.23. The number of hydrogen-bond donors (Lipinski definition) is 1. The second kappa shape index (κ2) is 6.30. The average molecular weight is 292 g/mol. The number of carbonyl (C=O) groups excluding carboxylic acids is 1. The molecule has 1 heterocycles. The van der Waals surface area contributed by atoms with Gasteiger partial charge >= 0.3 is 0 Å². The summed E-state index contributed by atoms with van der Waals surface area (Å²) >= 11 is 0. The van der Waals surface area contributed by atoms with E-state index in [1.165, 1.54) is 12.3 Å². The Kier molecular flexibility index (Phi) is 4.47. The first-order chi connectivity index (χ1) is 9.95. The lowest BCUT2D eigenvalue weighted by Crippen LogP contribution is -2.18. The van der Waals surface area contributed by atoms with E-state index >= 15 is 0 Å². The van der Waals surface area contributed by atoms with Gasteiger partial charge in [0.1, 0.15) is 17.3 Å². The average Bonchev–Trinajstić information content (AvgIpc) is 2.45. The maximum atomic E-state index is 13.0. The molecule has 0 fully saturated rings. The summed E-state index contributed by atoms with van der Waals surface area (Å²) in [6.45, 7) is 3.55. The van der Waals surface area contributed by atoms with Gasteiger partial charge in [-0.05, 0) is 24.3 Å². The van der Waals surface area contributed by atoms with Gasteiger partial charge in [-0.15, -0.1) is 0 Å². The summed E-state index contributed by atoms with van der Waals surface area (Å²) < 4.78 is 31.2. The highest BCUT2D eigenvalue weighted by molar-refractivity contribution is 5.91. The lowest BCUT2D eigenvalue weighted by molar-refractivity contribution is -0.118. The van der Waals surface area contributed by atoms with Gasteiger partial charge in [0.15, 0.2) is 11.6 Å². The zero-order valence-corrected chi connectivity index (χ0v) is 11.6. The summed E-state index contributed by atoms with van der Waals surface area (Å²) in [7, 11) is 0. The van der Waals surface area contributed by atoms with Gasteiger partial charge in [0.2, 0.25) is 5.91 Å². The van der Waals surface area contributed by atoms with Crippen LogP contribution >= 0.6 is 0 Å². The summed E-state index contributed by atoms with van der Waals surface area (Å²) in [5.74, 6) is -1.31. The van der Waals surface area contributed by atoms with Crippen LogP contribution in [0.15, 0.2) is 36.5 Å². The van der Waals surface area contributed by atoms with Crippen LogP contribution in [0, 0.1) is 17.6 Å². The molecule has 0 unspecified atom stereocenters. The third kappa shape index (κ3) is 3.98. The van der Waals surface area contributed by atoms with Crippen molar-refractivity contribution in [2.75, 3.05) is 5.32 Å². The monoisotopic (exact) mass is 292 g/mol. The molecule has 0 radical (unpaired) electrons. The molecule has 2 rings (SSSR count). The molecule has 2 aromatic rings. The highest BCUT2D eigenvalue weighted by atomic mass is 19.2.